The maximum atomic E-state index is 4.87. The van der Waals surface area contributed by atoms with Crippen LogP contribution in [-0.2, 0) is 13.0 Å². The van der Waals surface area contributed by atoms with Crippen LogP contribution in [0, 0.1) is 13.8 Å². The summed E-state index contributed by atoms with van der Waals surface area (Å²) in [4.78, 5) is 7.41. The van der Waals surface area contributed by atoms with E-state index in [-0.39, 0.29) is 0 Å². The van der Waals surface area contributed by atoms with Crippen LogP contribution >= 0.6 is 0 Å². The first-order chi connectivity index (χ1) is 12.2. The third-order valence-electron chi connectivity index (χ3n) is 5.91. The van der Waals surface area contributed by atoms with E-state index in [0.29, 0.717) is 6.04 Å². The minimum absolute atomic E-state index is 0.406. The Labute approximate surface area is 150 Å². The van der Waals surface area contributed by atoms with Gasteiger partial charge in [0.2, 0.25) is 0 Å². The van der Waals surface area contributed by atoms with Gasteiger partial charge in [0.1, 0.15) is 0 Å². The van der Waals surface area contributed by atoms with E-state index in [2.05, 4.69) is 67.5 Å². The van der Waals surface area contributed by atoms with Gasteiger partial charge in [0.05, 0.1) is 11.6 Å². The molecular weight excluding hydrogens is 306 g/mol. The minimum Gasteiger partial charge on any atom is -0.347 e. The van der Waals surface area contributed by atoms with Crippen LogP contribution in [-0.4, -0.2) is 16.1 Å². The van der Waals surface area contributed by atoms with Gasteiger partial charge in [0.25, 0.3) is 0 Å². The van der Waals surface area contributed by atoms with Gasteiger partial charge in [0.15, 0.2) is 5.82 Å². The first-order valence-electron chi connectivity index (χ1n) is 9.46. The highest BCUT2D eigenvalue weighted by molar-refractivity contribution is 5.93. The van der Waals surface area contributed by atoms with Gasteiger partial charge in [-0.2, -0.15) is 0 Å². The average molecular weight is 333 g/mol. The first kappa shape index (κ1) is 16.2. The van der Waals surface area contributed by atoms with E-state index in [4.69, 9.17) is 4.98 Å². The number of aryl methyl sites for hydroxylation is 2. The minimum atomic E-state index is 0.406. The van der Waals surface area contributed by atoms with E-state index in [1.807, 2.05) is 6.20 Å². The fraction of sp³-hybridized carbons (Fsp3) is 0.409. The molecule has 0 radical (unpaired) electrons. The number of hydrogen-bond acceptors (Lipinski definition) is 2. The molecule has 130 valence electrons. The molecule has 1 unspecified atom stereocenters. The molecule has 25 heavy (non-hydrogen) atoms. The smallest absolute Gasteiger partial charge is 0.153 e. The summed E-state index contributed by atoms with van der Waals surface area (Å²) in [5, 5.41) is 1.35. The second kappa shape index (κ2) is 6.21. The molecule has 1 aliphatic heterocycles. The lowest BCUT2D eigenvalue weighted by atomic mass is 9.91. The topological polar surface area (TPSA) is 21.1 Å². The van der Waals surface area contributed by atoms with Crippen molar-refractivity contribution in [3.63, 3.8) is 0 Å². The molecular formula is C22H27N3. The second-order valence-electron chi connectivity index (χ2n) is 7.05. The van der Waals surface area contributed by atoms with E-state index >= 15 is 0 Å². The van der Waals surface area contributed by atoms with Crippen molar-refractivity contribution in [2.24, 2.45) is 0 Å². The third kappa shape index (κ3) is 2.37. The van der Waals surface area contributed by atoms with E-state index in [1.165, 1.54) is 33.3 Å². The summed E-state index contributed by atoms with van der Waals surface area (Å²) in [5.74, 6) is 1.15. The van der Waals surface area contributed by atoms with Crippen LogP contribution in [0.3, 0.4) is 0 Å². The number of nitrogens with zero attached hydrogens (tertiary/aromatic N) is 3. The van der Waals surface area contributed by atoms with Crippen molar-refractivity contribution >= 4 is 16.7 Å². The number of hydrogen-bond donors (Lipinski definition) is 0. The number of anilines is 1. The zero-order valence-corrected chi connectivity index (χ0v) is 15.7. The van der Waals surface area contributed by atoms with Crippen LogP contribution in [0.5, 0.6) is 0 Å². The monoisotopic (exact) mass is 333 g/mol. The van der Waals surface area contributed by atoms with Crippen LogP contribution in [0.2, 0.25) is 0 Å². The summed E-state index contributed by atoms with van der Waals surface area (Å²) in [7, 11) is 0. The molecule has 0 aliphatic carbocycles. The Hall–Kier alpha value is -2.29. The van der Waals surface area contributed by atoms with Gasteiger partial charge < -0.3 is 9.47 Å². The van der Waals surface area contributed by atoms with E-state index < -0.39 is 0 Å². The van der Waals surface area contributed by atoms with Crippen LogP contribution in [0.4, 0.5) is 5.82 Å². The molecule has 0 saturated carbocycles. The molecule has 0 N–H and O–H groups in total. The van der Waals surface area contributed by atoms with Crippen LogP contribution < -0.4 is 4.90 Å². The molecule has 0 saturated heterocycles. The Morgan fingerprint density at radius 2 is 1.92 bits per heavy atom. The Morgan fingerprint density at radius 1 is 1.12 bits per heavy atom. The maximum absolute atomic E-state index is 4.87. The van der Waals surface area contributed by atoms with Crippen molar-refractivity contribution in [3.8, 4) is 0 Å². The number of benzene rings is 1. The number of pyridine rings is 1. The zero-order valence-electron chi connectivity index (χ0n) is 15.7. The normalized spacial score (nSPS) is 17.1. The Morgan fingerprint density at radius 3 is 2.68 bits per heavy atom. The van der Waals surface area contributed by atoms with Gasteiger partial charge in [-0.1, -0.05) is 31.2 Å². The molecule has 1 aliphatic rings. The molecule has 3 aromatic rings. The first-order valence-corrected chi connectivity index (χ1v) is 9.46. The van der Waals surface area contributed by atoms with Gasteiger partial charge in [-0.3, -0.25) is 0 Å². The fourth-order valence-corrected chi connectivity index (χ4v) is 4.53. The molecule has 0 fully saturated rings. The van der Waals surface area contributed by atoms with E-state index in [0.717, 1.165) is 31.7 Å². The van der Waals surface area contributed by atoms with Crippen molar-refractivity contribution in [2.45, 2.75) is 53.1 Å². The molecule has 4 rings (SSSR count). The van der Waals surface area contributed by atoms with Crippen molar-refractivity contribution < 1.29 is 0 Å². The average Bonchev–Trinajstić information content (AvgIpc) is 2.91. The zero-order chi connectivity index (χ0) is 17.6. The van der Waals surface area contributed by atoms with Crippen LogP contribution in [0.25, 0.3) is 10.9 Å². The van der Waals surface area contributed by atoms with Gasteiger partial charge in [-0.05, 0) is 56.4 Å². The van der Waals surface area contributed by atoms with Crippen LogP contribution in [0.15, 0.2) is 36.5 Å². The maximum Gasteiger partial charge on any atom is 0.153 e. The molecule has 3 heterocycles. The van der Waals surface area contributed by atoms with Crippen molar-refractivity contribution in [3.05, 3.63) is 58.9 Å². The van der Waals surface area contributed by atoms with Crippen LogP contribution in [0.1, 0.15) is 48.7 Å². The highest BCUT2D eigenvalue weighted by Gasteiger charge is 2.29. The second-order valence-corrected chi connectivity index (χ2v) is 7.05. The van der Waals surface area contributed by atoms with Gasteiger partial charge in [-0.25, -0.2) is 4.98 Å². The molecule has 3 heteroatoms. The van der Waals surface area contributed by atoms with Gasteiger partial charge in [-0.15, -0.1) is 0 Å². The number of fused-ring (bicyclic) bond motifs is 2. The van der Waals surface area contributed by atoms with E-state index in [1.54, 1.807) is 0 Å². The number of rotatable bonds is 3. The van der Waals surface area contributed by atoms with E-state index in [9.17, 15) is 0 Å². The Bertz CT molecular complexity index is 922. The van der Waals surface area contributed by atoms with Gasteiger partial charge in [0, 0.05) is 30.4 Å². The summed E-state index contributed by atoms with van der Waals surface area (Å²) >= 11 is 0. The standard InChI is InChI=1S/C22H27N3/c1-5-20-19-10-8-7-9-17(19)12-14-25(20)22-21-18(11-13-23-22)15(3)16(4)24(21)6-2/h7-11,13,20H,5-6,12,14H2,1-4H3. The summed E-state index contributed by atoms with van der Waals surface area (Å²) in [6.45, 7) is 11.0. The number of aromatic nitrogens is 2. The quantitative estimate of drug-likeness (QED) is 0.658. The van der Waals surface area contributed by atoms with Crippen molar-refractivity contribution in [1.82, 2.24) is 9.55 Å². The largest absolute Gasteiger partial charge is 0.347 e. The molecule has 0 amide bonds. The summed E-state index contributed by atoms with van der Waals surface area (Å²) in [5.41, 5.74) is 7.01. The molecule has 1 atom stereocenters. The van der Waals surface area contributed by atoms with Gasteiger partial charge >= 0.3 is 0 Å². The summed E-state index contributed by atoms with van der Waals surface area (Å²) in [6.07, 6.45) is 4.17. The fourth-order valence-electron chi connectivity index (χ4n) is 4.53. The molecule has 1 aromatic carbocycles. The SMILES string of the molecule is CCC1c2ccccc2CCN1c1nccc2c(C)c(C)n(CC)c12. The van der Waals surface area contributed by atoms with Crippen molar-refractivity contribution in [2.75, 3.05) is 11.4 Å². The lowest BCUT2D eigenvalue weighted by molar-refractivity contribution is 0.562. The molecule has 0 bridgehead atoms. The lowest BCUT2D eigenvalue weighted by Crippen LogP contribution is -2.36. The molecule has 3 nitrogen and oxygen atoms in total. The highest BCUT2D eigenvalue weighted by Crippen LogP contribution is 2.39. The molecule has 2 aromatic heterocycles. The highest BCUT2D eigenvalue weighted by atomic mass is 15.2. The summed E-state index contributed by atoms with van der Waals surface area (Å²) in [6, 6.07) is 11.5. The Kier molecular flexibility index (Phi) is 4.03. The Balaban J connectivity index is 1.92. The van der Waals surface area contributed by atoms with Crippen molar-refractivity contribution in [1.29, 1.82) is 0 Å². The third-order valence-corrected chi connectivity index (χ3v) is 5.91. The molecule has 0 spiro atoms. The predicted molar refractivity (Wildman–Crippen MR) is 105 cm³/mol. The summed E-state index contributed by atoms with van der Waals surface area (Å²) < 4.78 is 2.43. The lowest BCUT2D eigenvalue weighted by Gasteiger charge is -2.38. The predicted octanol–water partition coefficient (Wildman–Crippen LogP) is 5.19.